The Balaban J connectivity index is 2.54. The highest BCUT2D eigenvalue weighted by Gasteiger charge is 2.18. The molecule has 0 aliphatic carbocycles. The first-order valence-corrected chi connectivity index (χ1v) is 6.38. The van der Waals surface area contributed by atoms with Gasteiger partial charge in [-0.1, -0.05) is 42.7 Å². The zero-order valence-electron chi connectivity index (χ0n) is 10.8. The van der Waals surface area contributed by atoms with Crippen LogP contribution in [0.5, 0.6) is 0 Å². The third-order valence-electron chi connectivity index (χ3n) is 2.95. The van der Waals surface area contributed by atoms with Gasteiger partial charge in [-0.3, -0.25) is 0 Å². The van der Waals surface area contributed by atoms with Gasteiger partial charge in [0.2, 0.25) is 5.88 Å². The summed E-state index contributed by atoms with van der Waals surface area (Å²) >= 11 is 6.14. The summed E-state index contributed by atoms with van der Waals surface area (Å²) in [6, 6.07) is 5.77. The van der Waals surface area contributed by atoms with Crippen LogP contribution in [0, 0.1) is 12.8 Å². The van der Waals surface area contributed by atoms with Gasteiger partial charge in [0.05, 0.1) is 0 Å². The number of nitrogen functional groups attached to an aromatic ring is 1. The standard InChI is InChI=1S/C14H17ClN2O/c1-8(2)7-11-13(17-18-14(11)16)10-5-4-6-12(15)9(10)3/h4-6,8H,7,16H2,1-3H3. The summed E-state index contributed by atoms with van der Waals surface area (Å²) in [6.45, 7) is 6.25. The lowest BCUT2D eigenvalue weighted by Gasteiger charge is -2.08. The number of halogens is 1. The van der Waals surface area contributed by atoms with Crippen molar-refractivity contribution in [2.24, 2.45) is 5.92 Å². The van der Waals surface area contributed by atoms with E-state index < -0.39 is 0 Å². The van der Waals surface area contributed by atoms with E-state index in [9.17, 15) is 0 Å². The molecule has 3 nitrogen and oxygen atoms in total. The first-order chi connectivity index (χ1) is 8.50. The zero-order chi connectivity index (χ0) is 13.3. The largest absolute Gasteiger partial charge is 0.367 e. The van der Waals surface area contributed by atoms with Gasteiger partial charge in [0, 0.05) is 16.1 Å². The van der Waals surface area contributed by atoms with Crippen LogP contribution in [-0.4, -0.2) is 5.16 Å². The van der Waals surface area contributed by atoms with Gasteiger partial charge in [0.1, 0.15) is 5.69 Å². The van der Waals surface area contributed by atoms with Gasteiger partial charge >= 0.3 is 0 Å². The Morgan fingerprint density at radius 2 is 2.11 bits per heavy atom. The summed E-state index contributed by atoms with van der Waals surface area (Å²) in [7, 11) is 0. The molecule has 18 heavy (non-hydrogen) atoms. The molecule has 1 aromatic carbocycles. The van der Waals surface area contributed by atoms with Crippen molar-refractivity contribution in [2.45, 2.75) is 27.2 Å². The molecular weight excluding hydrogens is 248 g/mol. The Morgan fingerprint density at radius 3 is 2.78 bits per heavy atom. The maximum Gasteiger partial charge on any atom is 0.225 e. The number of hydrogen-bond donors (Lipinski definition) is 1. The molecule has 0 bridgehead atoms. The molecule has 4 heteroatoms. The number of rotatable bonds is 3. The van der Waals surface area contributed by atoms with Crippen LogP contribution in [-0.2, 0) is 6.42 Å². The summed E-state index contributed by atoms with van der Waals surface area (Å²) in [5.74, 6) is 0.892. The van der Waals surface area contributed by atoms with Crippen molar-refractivity contribution in [3.8, 4) is 11.3 Å². The minimum absolute atomic E-state index is 0.401. The number of aromatic nitrogens is 1. The Bertz CT molecular complexity index is 561. The summed E-state index contributed by atoms with van der Waals surface area (Å²) < 4.78 is 5.13. The maximum absolute atomic E-state index is 6.14. The summed E-state index contributed by atoms with van der Waals surface area (Å²) in [5.41, 5.74) is 9.61. The summed E-state index contributed by atoms with van der Waals surface area (Å²) in [4.78, 5) is 0. The number of nitrogens with two attached hydrogens (primary N) is 1. The van der Waals surface area contributed by atoms with E-state index in [0.29, 0.717) is 11.8 Å². The van der Waals surface area contributed by atoms with Crippen molar-refractivity contribution in [3.63, 3.8) is 0 Å². The Morgan fingerprint density at radius 1 is 1.39 bits per heavy atom. The van der Waals surface area contributed by atoms with Crippen molar-refractivity contribution < 1.29 is 4.52 Å². The normalized spacial score (nSPS) is 11.2. The molecule has 2 aromatic rings. The second kappa shape index (κ2) is 5.02. The molecule has 0 atom stereocenters. The number of hydrogen-bond acceptors (Lipinski definition) is 3. The highest BCUT2D eigenvalue weighted by Crippen LogP contribution is 2.33. The van der Waals surface area contributed by atoms with Crippen LogP contribution >= 0.6 is 11.6 Å². The van der Waals surface area contributed by atoms with Gasteiger partial charge in [-0.15, -0.1) is 0 Å². The second-order valence-corrected chi connectivity index (χ2v) is 5.29. The molecular formula is C14H17ClN2O. The first-order valence-electron chi connectivity index (χ1n) is 6.00. The van der Waals surface area contributed by atoms with E-state index in [0.717, 1.165) is 33.8 Å². The lowest BCUT2D eigenvalue weighted by Crippen LogP contribution is -1.99. The molecule has 0 aliphatic rings. The number of anilines is 1. The Kier molecular flexibility index (Phi) is 3.62. The smallest absolute Gasteiger partial charge is 0.225 e. The maximum atomic E-state index is 6.14. The van der Waals surface area contributed by atoms with Gasteiger partial charge in [-0.25, -0.2) is 0 Å². The minimum atomic E-state index is 0.401. The minimum Gasteiger partial charge on any atom is -0.367 e. The molecule has 0 unspecified atom stereocenters. The Labute approximate surface area is 112 Å². The van der Waals surface area contributed by atoms with Crippen LogP contribution in [0.4, 0.5) is 5.88 Å². The van der Waals surface area contributed by atoms with E-state index in [-0.39, 0.29) is 0 Å². The van der Waals surface area contributed by atoms with E-state index in [4.69, 9.17) is 21.9 Å². The molecule has 0 fully saturated rings. The highest BCUT2D eigenvalue weighted by atomic mass is 35.5. The van der Waals surface area contributed by atoms with E-state index in [1.807, 2.05) is 25.1 Å². The second-order valence-electron chi connectivity index (χ2n) is 4.88. The molecule has 0 aliphatic heterocycles. The monoisotopic (exact) mass is 264 g/mol. The zero-order valence-corrected chi connectivity index (χ0v) is 11.6. The van der Waals surface area contributed by atoms with E-state index >= 15 is 0 Å². The van der Waals surface area contributed by atoms with E-state index in [2.05, 4.69) is 19.0 Å². The predicted molar refractivity (Wildman–Crippen MR) is 74.6 cm³/mol. The first kappa shape index (κ1) is 13.0. The lowest BCUT2D eigenvalue weighted by molar-refractivity contribution is 0.438. The number of benzene rings is 1. The fourth-order valence-corrected chi connectivity index (χ4v) is 2.18. The van der Waals surface area contributed by atoms with Gasteiger partial charge in [-0.2, -0.15) is 0 Å². The van der Waals surface area contributed by atoms with Gasteiger partial charge in [0.25, 0.3) is 0 Å². The van der Waals surface area contributed by atoms with Gasteiger partial charge < -0.3 is 10.3 Å². The van der Waals surface area contributed by atoms with Crippen LogP contribution in [0.15, 0.2) is 22.7 Å². The number of nitrogens with zero attached hydrogens (tertiary/aromatic N) is 1. The highest BCUT2D eigenvalue weighted by molar-refractivity contribution is 6.31. The SMILES string of the molecule is Cc1c(Cl)cccc1-c1noc(N)c1CC(C)C. The van der Waals surface area contributed by atoms with E-state index in [1.165, 1.54) is 0 Å². The Hall–Kier alpha value is -1.48. The average Bonchev–Trinajstić information content (AvgIpc) is 2.64. The molecule has 0 amide bonds. The summed E-state index contributed by atoms with van der Waals surface area (Å²) in [5, 5.41) is 4.81. The van der Waals surface area contributed by atoms with Gasteiger partial charge in [-0.05, 0) is 30.9 Å². The average molecular weight is 265 g/mol. The molecule has 1 heterocycles. The third kappa shape index (κ3) is 2.36. The molecule has 2 N–H and O–H groups in total. The van der Waals surface area contributed by atoms with Crippen molar-refractivity contribution in [2.75, 3.05) is 5.73 Å². The van der Waals surface area contributed by atoms with Crippen LogP contribution in [0.3, 0.4) is 0 Å². The van der Waals surface area contributed by atoms with Crippen molar-refractivity contribution in [1.29, 1.82) is 0 Å². The van der Waals surface area contributed by atoms with Crippen LogP contribution in [0.1, 0.15) is 25.0 Å². The van der Waals surface area contributed by atoms with Crippen molar-refractivity contribution in [3.05, 3.63) is 34.3 Å². The molecule has 96 valence electrons. The fourth-order valence-electron chi connectivity index (χ4n) is 2.00. The molecule has 0 spiro atoms. The van der Waals surface area contributed by atoms with E-state index in [1.54, 1.807) is 0 Å². The molecule has 1 aromatic heterocycles. The van der Waals surface area contributed by atoms with Crippen LogP contribution in [0.25, 0.3) is 11.3 Å². The van der Waals surface area contributed by atoms with Crippen LogP contribution in [0.2, 0.25) is 5.02 Å². The van der Waals surface area contributed by atoms with Crippen molar-refractivity contribution in [1.82, 2.24) is 5.16 Å². The van der Waals surface area contributed by atoms with Crippen molar-refractivity contribution >= 4 is 17.5 Å². The fraction of sp³-hybridized carbons (Fsp3) is 0.357. The molecule has 0 saturated heterocycles. The predicted octanol–water partition coefficient (Wildman–Crippen LogP) is 4.08. The molecule has 2 rings (SSSR count). The van der Waals surface area contributed by atoms with Crippen LogP contribution < -0.4 is 5.73 Å². The summed E-state index contributed by atoms with van der Waals surface area (Å²) in [6.07, 6.45) is 0.844. The lowest BCUT2D eigenvalue weighted by atomic mass is 9.97. The van der Waals surface area contributed by atoms with Gasteiger partial charge in [0.15, 0.2) is 0 Å². The third-order valence-corrected chi connectivity index (χ3v) is 3.36. The quantitative estimate of drug-likeness (QED) is 0.909. The molecule has 0 radical (unpaired) electrons. The molecule has 0 saturated carbocycles. The topological polar surface area (TPSA) is 52.0 Å².